The molecule has 1 N–H and O–H groups in total. The summed E-state index contributed by atoms with van der Waals surface area (Å²) in [6.07, 6.45) is 24.0. The van der Waals surface area contributed by atoms with Gasteiger partial charge in [-0.05, 0) is 51.4 Å². The van der Waals surface area contributed by atoms with E-state index in [0.717, 1.165) is 51.4 Å². The first-order chi connectivity index (χ1) is 15.1. The smallest absolute Gasteiger partial charge is 0.310 e. The maximum atomic E-state index is 13.0. The van der Waals surface area contributed by atoms with E-state index < -0.39 is 17.8 Å². The number of carboxylic acid groups (broad SMARTS) is 1. The third-order valence-electron chi connectivity index (χ3n) is 7.70. The highest BCUT2D eigenvalue weighted by Gasteiger charge is 2.42. The first kappa shape index (κ1) is 26.2. The number of carbonyl (C=O) groups is 2. The van der Waals surface area contributed by atoms with E-state index in [9.17, 15) is 14.7 Å². The zero-order valence-electron chi connectivity index (χ0n) is 20.2. The lowest BCUT2D eigenvalue weighted by atomic mass is 9.78. The molecular formula is C27H48O4. The fraction of sp³-hybridized carbons (Fsp3) is 0.926. The molecule has 0 amide bonds. The molecule has 0 aliphatic heterocycles. The van der Waals surface area contributed by atoms with Gasteiger partial charge in [-0.2, -0.15) is 0 Å². The van der Waals surface area contributed by atoms with Crippen molar-refractivity contribution in [2.75, 3.05) is 0 Å². The second-order valence-corrected chi connectivity index (χ2v) is 10.3. The molecule has 0 aromatic rings. The Morgan fingerprint density at radius 1 is 0.742 bits per heavy atom. The van der Waals surface area contributed by atoms with Crippen molar-refractivity contribution in [3.05, 3.63) is 0 Å². The summed E-state index contributed by atoms with van der Waals surface area (Å²) in [7, 11) is 0. The van der Waals surface area contributed by atoms with Crippen LogP contribution in [0, 0.1) is 11.8 Å². The Kier molecular flexibility index (Phi) is 12.6. The van der Waals surface area contributed by atoms with Gasteiger partial charge in [0.1, 0.15) is 5.60 Å². The number of rotatable bonds is 15. The molecule has 2 rings (SSSR count). The number of carboxylic acids is 1. The predicted octanol–water partition coefficient (Wildman–Crippen LogP) is 7.82. The minimum Gasteiger partial charge on any atom is -0.481 e. The molecule has 180 valence electrons. The van der Waals surface area contributed by atoms with Gasteiger partial charge >= 0.3 is 11.9 Å². The summed E-state index contributed by atoms with van der Waals surface area (Å²) < 4.78 is 6.19. The molecule has 0 aromatic heterocycles. The van der Waals surface area contributed by atoms with Crippen molar-refractivity contribution in [2.24, 2.45) is 11.8 Å². The van der Waals surface area contributed by atoms with E-state index in [1.54, 1.807) is 0 Å². The fourth-order valence-corrected chi connectivity index (χ4v) is 5.71. The third kappa shape index (κ3) is 9.53. The molecule has 2 atom stereocenters. The zero-order chi connectivity index (χ0) is 22.4. The largest absolute Gasteiger partial charge is 0.481 e. The highest BCUT2D eigenvalue weighted by atomic mass is 16.6. The van der Waals surface area contributed by atoms with Crippen molar-refractivity contribution in [3.8, 4) is 0 Å². The average Bonchev–Trinajstić information content (AvgIpc) is 2.78. The Bertz CT molecular complexity index is 509. The molecule has 2 aliphatic carbocycles. The standard InChI is InChI=1S/C27H48O4/c1-2-3-4-5-6-7-8-9-10-11-15-20-27(21-16-12-17-22-27)31-26(30)24-19-14-13-18-23(24)25(28)29/h23-24H,2-22H2,1H3,(H,28,29). The van der Waals surface area contributed by atoms with Crippen LogP contribution in [0.25, 0.3) is 0 Å². The average molecular weight is 437 g/mol. The first-order valence-electron chi connectivity index (χ1n) is 13.5. The highest BCUT2D eigenvalue weighted by molar-refractivity contribution is 5.81. The van der Waals surface area contributed by atoms with Gasteiger partial charge in [0.25, 0.3) is 0 Å². The van der Waals surface area contributed by atoms with Gasteiger partial charge < -0.3 is 9.84 Å². The van der Waals surface area contributed by atoms with Gasteiger partial charge in [0, 0.05) is 0 Å². The maximum absolute atomic E-state index is 13.0. The van der Waals surface area contributed by atoms with Gasteiger partial charge in [0.2, 0.25) is 0 Å². The fourth-order valence-electron chi connectivity index (χ4n) is 5.71. The van der Waals surface area contributed by atoms with Crippen LogP contribution in [0.4, 0.5) is 0 Å². The topological polar surface area (TPSA) is 63.6 Å². The van der Waals surface area contributed by atoms with Gasteiger partial charge in [-0.1, -0.05) is 90.4 Å². The minimum absolute atomic E-state index is 0.225. The summed E-state index contributed by atoms with van der Waals surface area (Å²) in [5.41, 5.74) is -0.324. The number of hydrogen-bond acceptors (Lipinski definition) is 3. The van der Waals surface area contributed by atoms with Crippen molar-refractivity contribution in [2.45, 2.75) is 147 Å². The Hall–Kier alpha value is -1.06. The first-order valence-corrected chi connectivity index (χ1v) is 13.5. The molecule has 4 nitrogen and oxygen atoms in total. The molecule has 4 heteroatoms. The van der Waals surface area contributed by atoms with Crippen LogP contribution in [0.1, 0.15) is 142 Å². The lowest BCUT2D eigenvalue weighted by Gasteiger charge is -2.39. The number of aliphatic carboxylic acids is 1. The predicted molar refractivity (Wildman–Crippen MR) is 126 cm³/mol. The molecule has 0 saturated heterocycles. The van der Waals surface area contributed by atoms with Crippen molar-refractivity contribution < 1.29 is 19.4 Å². The Labute approximate surface area is 190 Å². The van der Waals surface area contributed by atoms with E-state index in [2.05, 4.69) is 6.92 Å². The Morgan fingerprint density at radius 2 is 1.26 bits per heavy atom. The molecule has 2 saturated carbocycles. The molecule has 2 fully saturated rings. The number of ether oxygens (including phenoxy) is 1. The SMILES string of the molecule is CCCCCCCCCCCCCC1(OC(=O)C2CCCCC2C(=O)O)CCCCC1. The van der Waals surface area contributed by atoms with E-state index in [0.29, 0.717) is 12.8 Å². The van der Waals surface area contributed by atoms with Crippen LogP contribution in [0.3, 0.4) is 0 Å². The van der Waals surface area contributed by atoms with Crippen LogP contribution < -0.4 is 0 Å². The van der Waals surface area contributed by atoms with Crippen LogP contribution in [0.2, 0.25) is 0 Å². The van der Waals surface area contributed by atoms with Crippen LogP contribution in [0.5, 0.6) is 0 Å². The number of hydrogen-bond donors (Lipinski definition) is 1. The molecule has 0 heterocycles. The van der Waals surface area contributed by atoms with Gasteiger partial charge in [-0.3, -0.25) is 9.59 Å². The van der Waals surface area contributed by atoms with Crippen molar-refractivity contribution in [1.29, 1.82) is 0 Å². The summed E-state index contributed by atoms with van der Waals surface area (Å²) in [6.45, 7) is 2.27. The summed E-state index contributed by atoms with van der Waals surface area (Å²) in [5, 5.41) is 9.54. The molecule has 2 unspecified atom stereocenters. The number of esters is 1. The Balaban J connectivity index is 1.70. The van der Waals surface area contributed by atoms with Crippen LogP contribution in [0.15, 0.2) is 0 Å². The second-order valence-electron chi connectivity index (χ2n) is 10.3. The molecule has 31 heavy (non-hydrogen) atoms. The molecule has 0 aromatic carbocycles. The molecule has 0 spiro atoms. The molecule has 2 aliphatic rings. The third-order valence-corrected chi connectivity index (χ3v) is 7.70. The van der Waals surface area contributed by atoms with E-state index in [4.69, 9.17) is 4.74 Å². The normalized spacial score (nSPS) is 23.4. The van der Waals surface area contributed by atoms with Crippen LogP contribution in [-0.4, -0.2) is 22.6 Å². The summed E-state index contributed by atoms with van der Waals surface area (Å²) >= 11 is 0. The number of unbranched alkanes of at least 4 members (excludes halogenated alkanes) is 10. The summed E-state index contributed by atoms with van der Waals surface area (Å²) in [4.78, 5) is 24.6. The number of carbonyl (C=O) groups excluding carboxylic acids is 1. The summed E-state index contributed by atoms with van der Waals surface area (Å²) in [5.74, 6) is -2.05. The molecular weight excluding hydrogens is 388 g/mol. The lowest BCUT2D eigenvalue weighted by molar-refractivity contribution is -0.176. The van der Waals surface area contributed by atoms with Crippen molar-refractivity contribution in [3.63, 3.8) is 0 Å². The monoisotopic (exact) mass is 436 g/mol. The van der Waals surface area contributed by atoms with E-state index >= 15 is 0 Å². The van der Waals surface area contributed by atoms with Gasteiger partial charge in [0.15, 0.2) is 0 Å². The van der Waals surface area contributed by atoms with Crippen LogP contribution >= 0.6 is 0 Å². The Morgan fingerprint density at radius 3 is 1.81 bits per heavy atom. The van der Waals surface area contributed by atoms with Gasteiger partial charge in [-0.25, -0.2) is 0 Å². The van der Waals surface area contributed by atoms with E-state index in [1.165, 1.54) is 70.6 Å². The molecule has 0 radical (unpaired) electrons. The van der Waals surface area contributed by atoms with Crippen LogP contribution in [-0.2, 0) is 14.3 Å². The van der Waals surface area contributed by atoms with E-state index in [1.807, 2.05) is 0 Å². The van der Waals surface area contributed by atoms with E-state index in [-0.39, 0.29) is 11.6 Å². The van der Waals surface area contributed by atoms with Gasteiger partial charge in [0.05, 0.1) is 11.8 Å². The maximum Gasteiger partial charge on any atom is 0.310 e. The van der Waals surface area contributed by atoms with Gasteiger partial charge in [-0.15, -0.1) is 0 Å². The quantitative estimate of drug-likeness (QED) is 0.210. The highest BCUT2D eigenvalue weighted by Crippen LogP contribution is 2.39. The lowest BCUT2D eigenvalue weighted by Crippen LogP contribution is -2.42. The summed E-state index contributed by atoms with van der Waals surface area (Å²) in [6, 6.07) is 0. The second kappa shape index (κ2) is 14.9. The van der Waals surface area contributed by atoms with Crippen molar-refractivity contribution >= 4 is 11.9 Å². The zero-order valence-corrected chi connectivity index (χ0v) is 20.2. The van der Waals surface area contributed by atoms with Crippen molar-refractivity contribution in [1.82, 2.24) is 0 Å². The minimum atomic E-state index is -0.829. The molecule has 0 bridgehead atoms.